The topological polar surface area (TPSA) is 133 Å². The van der Waals surface area contributed by atoms with Gasteiger partial charge in [-0.25, -0.2) is 4.79 Å². The number of nitrogens with zero attached hydrogens (tertiary/aromatic N) is 2. The molecule has 1 aliphatic heterocycles. The second kappa shape index (κ2) is 11.3. The number of carboxylic acid groups (broad SMARTS) is 1. The Morgan fingerprint density at radius 2 is 2.12 bits per heavy atom. The summed E-state index contributed by atoms with van der Waals surface area (Å²) in [5, 5.41) is 25.2. The Morgan fingerprint density at radius 1 is 1.38 bits per heavy atom. The number of hydrogen-bond acceptors (Lipinski definition) is 7. The molecule has 0 bridgehead atoms. The van der Waals surface area contributed by atoms with E-state index < -0.39 is 12.3 Å². The molecule has 1 aliphatic rings. The van der Waals surface area contributed by atoms with Gasteiger partial charge in [-0.15, -0.1) is 0 Å². The number of amides is 1. The number of carbonyl (C=O) groups excluding carboxylic acids is 1. The van der Waals surface area contributed by atoms with Crippen molar-refractivity contribution in [2.24, 2.45) is 0 Å². The van der Waals surface area contributed by atoms with Crippen LogP contribution in [0.3, 0.4) is 0 Å². The number of likely N-dealkylation sites (N-methyl/N-ethyl adjacent to an activating group) is 1. The molecule has 9 nitrogen and oxygen atoms in total. The molecular formula is C17H25N3O6. The van der Waals surface area contributed by atoms with E-state index in [0.29, 0.717) is 0 Å². The number of ether oxygens (including phenoxy) is 2. The average Bonchev–Trinajstić information content (AvgIpc) is 2.62. The Hall–Kier alpha value is -2.36. The molecule has 1 saturated heterocycles. The Kier molecular flexibility index (Phi) is 9.42. The highest BCUT2D eigenvalue weighted by atomic mass is 16.6. The van der Waals surface area contributed by atoms with Crippen LogP contribution in [-0.2, 0) is 14.3 Å². The SMILES string of the molecule is CN(C)C(=O)COCC(=N)c1cc(C(=O)O)ccn1.OC1CCCCO1. The maximum Gasteiger partial charge on any atom is 0.335 e. The predicted molar refractivity (Wildman–Crippen MR) is 93.3 cm³/mol. The summed E-state index contributed by atoms with van der Waals surface area (Å²) < 4.78 is 9.90. The molecule has 1 atom stereocenters. The van der Waals surface area contributed by atoms with Crippen LogP contribution in [0, 0.1) is 5.41 Å². The van der Waals surface area contributed by atoms with Gasteiger partial charge in [0, 0.05) is 26.9 Å². The molecule has 2 heterocycles. The van der Waals surface area contributed by atoms with Gasteiger partial charge < -0.3 is 30.0 Å². The van der Waals surface area contributed by atoms with Gasteiger partial charge in [-0.3, -0.25) is 9.78 Å². The molecule has 144 valence electrons. The molecule has 1 unspecified atom stereocenters. The van der Waals surface area contributed by atoms with E-state index in [1.165, 1.54) is 23.2 Å². The van der Waals surface area contributed by atoms with Gasteiger partial charge in [0.05, 0.1) is 23.6 Å². The van der Waals surface area contributed by atoms with Crippen molar-refractivity contribution in [2.75, 3.05) is 33.9 Å². The summed E-state index contributed by atoms with van der Waals surface area (Å²) >= 11 is 0. The molecule has 0 radical (unpaired) electrons. The number of carbonyl (C=O) groups is 2. The van der Waals surface area contributed by atoms with Gasteiger partial charge in [0.15, 0.2) is 6.29 Å². The zero-order valence-electron chi connectivity index (χ0n) is 15.0. The molecule has 3 N–H and O–H groups in total. The minimum Gasteiger partial charge on any atom is -0.478 e. The molecular weight excluding hydrogens is 342 g/mol. The Labute approximate surface area is 152 Å². The summed E-state index contributed by atoms with van der Waals surface area (Å²) in [6.07, 6.45) is 3.89. The highest BCUT2D eigenvalue weighted by molar-refractivity contribution is 5.99. The third-order valence-electron chi connectivity index (χ3n) is 3.44. The standard InChI is InChI=1S/C12H15N3O4.C5H10O2/c1-15(2)11(16)7-19-6-9(13)10-5-8(12(17)18)3-4-14-10;6-5-3-1-2-4-7-5/h3-5,13H,6-7H2,1-2H3,(H,17,18);5-6H,1-4H2. The van der Waals surface area contributed by atoms with Crippen molar-refractivity contribution < 1.29 is 29.3 Å². The first-order valence-electron chi connectivity index (χ1n) is 8.16. The highest BCUT2D eigenvalue weighted by Gasteiger charge is 2.10. The normalized spacial score (nSPS) is 16.2. The zero-order valence-corrected chi connectivity index (χ0v) is 15.0. The van der Waals surface area contributed by atoms with E-state index in [1.54, 1.807) is 14.1 Å². The van der Waals surface area contributed by atoms with Gasteiger partial charge in [0.1, 0.15) is 6.61 Å². The lowest BCUT2D eigenvalue weighted by atomic mass is 10.2. The maximum atomic E-state index is 11.2. The third kappa shape index (κ3) is 8.15. The van der Waals surface area contributed by atoms with Gasteiger partial charge in [-0.05, 0) is 31.4 Å². The van der Waals surface area contributed by atoms with Crippen LogP contribution in [0.5, 0.6) is 0 Å². The molecule has 2 rings (SSSR count). The van der Waals surface area contributed by atoms with Gasteiger partial charge >= 0.3 is 5.97 Å². The first-order chi connectivity index (χ1) is 12.3. The van der Waals surface area contributed by atoms with Crippen LogP contribution in [-0.4, -0.2) is 77.9 Å². The average molecular weight is 367 g/mol. The largest absolute Gasteiger partial charge is 0.478 e. The highest BCUT2D eigenvalue weighted by Crippen LogP contribution is 2.08. The van der Waals surface area contributed by atoms with Crippen LogP contribution in [0.25, 0.3) is 0 Å². The van der Waals surface area contributed by atoms with Crippen LogP contribution in [0.15, 0.2) is 18.3 Å². The molecule has 0 saturated carbocycles. The quantitative estimate of drug-likeness (QED) is 0.632. The van der Waals surface area contributed by atoms with Crippen LogP contribution in [0.2, 0.25) is 0 Å². The van der Waals surface area contributed by atoms with Crippen molar-refractivity contribution in [3.63, 3.8) is 0 Å². The number of nitrogens with one attached hydrogen (secondary N) is 1. The Balaban J connectivity index is 0.000000401. The van der Waals surface area contributed by atoms with E-state index in [-0.39, 0.29) is 36.1 Å². The minimum absolute atomic E-state index is 0.0228. The van der Waals surface area contributed by atoms with Crippen molar-refractivity contribution in [3.8, 4) is 0 Å². The fraction of sp³-hybridized carbons (Fsp3) is 0.529. The van der Waals surface area contributed by atoms with Gasteiger partial charge in [0.25, 0.3) is 0 Å². The lowest BCUT2D eigenvalue weighted by Gasteiger charge is -2.16. The van der Waals surface area contributed by atoms with Crippen LogP contribution in [0.1, 0.15) is 35.3 Å². The second-order valence-corrected chi connectivity index (χ2v) is 5.82. The van der Waals surface area contributed by atoms with Crippen molar-refractivity contribution in [1.29, 1.82) is 5.41 Å². The maximum absolute atomic E-state index is 11.2. The molecule has 0 aliphatic carbocycles. The Bertz CT molecular complexity index is 614. The molecule has 26 heavy (non-hydrogen) atoms. The molecule has 1 amide bonds. The third-order valence-corrected chi connectivity index (χ3v) is 3.44. The summed E-state index contributed by atoms with van der Waals surface area (Å²) in [4.78, 5) is 27.3. The van der Waals surface area contributed by atoms with Crippen LogP contribution in [0.4, 0.5) is 0 Å². The van der Waals surface area contributed by atoms with Crippen LogP contribution < -0.4 is 0 Å². The molecule has 1 fully saturated rings. The minimum atomic E-state index is -1.08. The van der Waals surface area contributed by atoms with Gasteiger partial charge in [-0.1, -0.05) is 0 Å². The van der Waals surface area contributed by atoms with E-state index in [0.717, 1.165) is 25.9 Å². The second-order valence-electron chi connectivity index (χ2n) is 5.82. The van der Waals surface area contributed by atoms with E-state index in [4.69, 9.17) is 25.1 Å². The number of aliphatic hydroxyl groups is 1. The summed E-state index contributed by atoms with van der Waals surface area (Å²) in [5.41, 5.74) is 0.297. The number of rotatable bonds is 6. The first kappa shape index (κ1) is 21.7. The van der Waals surface area contributed by atoms with Gasteiger partial charge in [0.2, 0.25) is 5.91 Å². The number of aromatic carboxylic acids is 1. The van der Waals surface area contributed by atoms with Crippen molar-refractivity contribution in [1.82, 2.24) is 9.88 Å². The zero-order chi connectivity index (χ0) is 19.5. The predicted octanol–water partition coefficient (Wildman–Crippen LogP) is 0.758. The van der Waals surface area contributed by atoms with Gasteiger partial charge in [-0.2, -0.15) is 0 Å². The molecule has 0 aromatic carbocycles. The number of aliphatic hydroxyl groups excluding tert-OH is 1. The molecule has 1 aromatic heterocycles. The number of carboxylic acids is 1. The lowest BCUT2D eigenvalue weighted by Crippen LogP contribution is -2.27. The molecule has 1 aromatic rings. The van der Waals surface area contributed by atoms with E-state index in [1.807, 2.05) is 0 Å². The summed E-state index contributed by atoms with van der Waals surface area (Å²) in [6, 6.07) is 2.64. The number of aromatic nitrogens is 1. The molecule has 9 heteroatoms. The Morgan fingerprint density at radius 3 is 2.62 bits per heavy atom. The number of pyridine rings is 1. The van der Waals surface area contributed by atoms with Crippen molar-refractivity contribution >= 4 is 17.6 Å². The smallest absolute Gasteiger partial charge is 0.335 e. The van der Waals surface area contributed by atoms with E-state index in [9.17, 15) is 9.59 Å². The van der Waals surface area contributed by atoms with Crippen molar-refractivity contribution in [3.05, 3.63) is 29.6 Å². The summed E-state index contributed by atoms with van der Waals surface area (Å²) in [7, 11) is 3.21. The number of hydrogen-bond donors (Lipinski definition) is 3. The lowest BCUT2D eigenvalue weighted by molar-refractivity contribution is -0.132. The van der Waals surface area contributed by atoms with Crippen LogP contribution >= 0.6 is 0 Å². The monoisotopic (exact) mass is 367 g/mol. The fourth-order valence-electron chi connectivity index (χ4n) is 1.90. The summed E-state index contributed by atoms with van der Waals surface area (Å²) in [6.45, 7) is 0.505. The van der Waals surface area contributed by atoms with E-state index in [2.05, 4.69) is 4.98 Å². The van der Waals surface area contributed by atoms with Crippen molar-refractivity contribution in [2.45, 2.75) is 25.6 Å². The summed E-state index contributed by atoms with van der Waals surface area (Å²) in [5.74, 6) is -1.29. The van der Waals surface area contributed by atoms with E-state index >= 15 is 0 Å². The first-order valence-corrected chi connectivity index (χ1v) is 8.16. The fourth-order valence-corrected chi connectivity index (χ4v) is 1.90. The molecule has 0 spiro atoms.